The van der Waals surface area contributed by atoms with Crippen molar-refractivity contribution in [1.82, 2.24) is 14.7 Å². The Kier molecular flexibility index (Phi) is 10.0. The molecule has 0 radical (unpaired) electrons. The number of likely N-dealkylation sites (N-methyl/N-ethyl adjacent to an activating group) is 1. The fourth-order valence-corrected chi connectivity index (χ4v) is 13.5. The topological polar surface area (TPSA) is 73.3 Å². The van der Waals surface area contributed by atoms with Gasteiger partial charge in [-0.05, 0) is 107 Å². The number of piperidine rings is 1. The summed E-state index contributed by atoms with van der Waals surface area (Å²) in [4.78, 5) is 35.6. The summed E-state index contributed by atoms with van der Waals surface area (Å²) >= 11 is 0. The highest BCUT2D eigenvalue weighted by atomic mass is 16.5. The molecule has 7 nitrogen and oxygen atoms in total. The van der Waals surface area contributed by atoms with E-state index in [4.69, 9.17) is 4.74 Å². The van der Waals surface area contributed by atoms with Gasteiger partial charge in [-0.3, -0.25) is 9.69 Å². The van der Waals surface area contributed by atoms with E-state index >= 15 is 0 Å². The van der Waals surface area contributed by atoms with Crippen molar-refractivity contribution in [3.63, 3.8) is 0 Å². The number of rotatable bonds is 13. The second-order valence-corrected chi connectivity index (χ2v) is 18.3. The summed E-state index contributed by atoms with van der Waals surface area (Å²) in [5.74, 6) is 1.69. The number of aliphatic carboxylic acids is 1. The Labute approximate surface area is 291 Å². The van der Waals surface area contributed by atoms with Crippen molar-refractivity contribution >= 4 is 12.3 Å². The quantitative estimate of drug-likeness (QED) is 0.175. The Balaban J connectivity index is 1.25. The molecule has 4 bridgehead atoms. The summed E-state index contributed by atoms with van der Waals surface area (Å²) in [6, 6.07) is 0. The predicted octanol–water partition coefficient (Wildman–Crippen LogP) is 6.61. The summed E-state index contributed by atoms with van der Waals surface area (Å²) < 4.78 is 7.59. The number of carboxylic acid groups (broad SMARTS) is 1. The summed E-state index contributed by atoms with van der Waals surface area (Å²) in [6.45, 7) is 14.3. The summed E-state index contributed by atoms with van der Waals surface area (Å²) in [7, 11) is 4.35. The number of fused-ring (bicyclic) bond motifs is 2. The van der Waals surface area contributed by atoms with Gasteiger partial charge in [-0.1, -0.05) is 77.4 Å². The lowest BCUT2D eigenvalue weighted by atomic mass is 9.41. The maximum absolute atomic E-state index is 14.3. The number of nitrogens with zero attached hydrogens (tertiary/aromatic N) is 3. The van der Waals surface area contributed by atoms with Gasteiger partial charge in [-0.25, -0.2) is 0 Å². The van der Waals surface area contributed by atoms with E-state index in [0.29, 0.717) is 30.1 Å². The first-order chi connectivity index (χ1) is 23.1. The minimum Gasteiger partial charge on any atom is -0.481 e. The highest BCUT2D eigenvalue weighted by molar-refractivity contribution is 5.90. The Morgan fingerprint density at radius 3 is 2.40 bits per heavy atom. The van der Waals surface area contributed by atoms with Crippen molar-refractivity contribution in [3.05, 3.63) is 11.6 Å². The lowest BCUT2D eigenvalue weighted by molar-refractivity contribution is -0.197. The summed E-state index contributed by atoms with van der Waals surface area (Å²) in [5.41, 5.74) is -1.46. The van der Waals surface area contributed by atoms with Crippen molar-refractivity contribution in [3.8, 4) is 0 Å². The van der Waals surface area contributed by atoms with Gasteiger partial charge >= 0.3 is 5.97 Å². The molecular weight excluding hydrogens is 598 g/mol. The van der Waals surface area contributed by atoms with Gasteiger partial charge in [0.25, 0.3) is 0 Å². The van der Waals surface area contributed by atoms with E-state index in [1.54, 1.807) is 0 Å². The van der Waals surface area contributed by atoms with E-state index in [1.807, 2.05) is 0 Å². The highest BCUT2D eigenvalue weighted by Crippen LogP contribution is 2.84. The second-order valence-electron chi connectivity index (χ2n) is 18.3. The molecule has 7 heteroatoms. The number of allylic oxidation sites excluding steroid dienone is 1. The minimum atomic E-state index is -1.15. The normalized spacial score (nSPS) is 43.0. The molecule has 0 amide bonds. The van der Waals surface area contributed by atoms with Gasteiger partial charge < -0.3 is 24.4 Å². The molecular formula is C41H67N3O4. The average molecular weight is 666 g/mol. The molecule has 0 spiro atoms. The average Bonchev–Trinajstić information content (AvgIpc) is 3.80. The molecule has 5 aliphatic carbocycles. The summed E-state index contributed by atoms with van der Waals surface area (Å²) in [5, 5.41) is 11.7. The van der Waals surface area contributed by atoms with Crippen molar-refractivity contribution in [2.24, 2.45) is 57.7 Å². The lowest BCUT2D eigenvalue weighted by Gasteiger charge is -2.60. The zero-order chi connectivity index (χ0) is 33.8. The Hall–Kier alpha value is -1.28. The SMILES string of the molecule is CC(C)C1=CC2CC3(C=O)[C@@H]4CC[C@@H](C)[C@H]4CC2([C@H]2C[C@@H](C4CCCCC4)[C@H](CN(CCN(C)C)CCN4CCCCC4)O2)[C@]13C(=O)O. The van der Waals surface area contributed by atoms with Gasteiger partial charge in [0.15, 0.2) is 0 Å². The Bertz CT molecular complexity index is 1210. The minimum absolute atomic E-state index is 0.100. The van der Waals surface area contributed by atoms with E-state index in [0.717, 1.165) is 64.0 Å². The molecule has 48 heavy (non-hydrogen) atoms. The van der Waals surface area contributed by atoms with Crippen molar-refractivity contribution < 1.29 is 19.4 Å². The van der Waals surface area contributed by atoms with Crippen LogP contribution in [0.1, 0.15) is 104 Å². The lowest BCUT2D eigenvalue weighted by Crippen LogP contribution is -2.65. The molecule has 0 aromatic heterocycles. The molecule has 0 aromatic rings. The number of carbonyl (C=O) groups is 2. The fraction of sp³-hybridized carbons (Fsp3) is 0.902. The number of aldehydes is 1. The van der Waals surface area contributed by atoms with Crippen LogP contribution in [0.5, 0.6) is 0 Å². The fourth-order valence-electron chi connectivity index (χ4n) is 13.5. The van der Waals surface area contributed by atoms with Gasteiger partial charge in [0.2, 0.25) is 0 Å². The van der Waals surface area contributed by atoms with E-state index in [1.165, 1.54) is 70.7 Å². The van der Waals surface area contributed by atoms with Crippen molar-refractivity contribution in [1.29, 1.82) is 0 Å². The Morgan fingerprint density at radius 2 is 1.73 bits per heavy atom. The number of likely N-dealkylation sites (tertiary alicyclic amines) is 1. The summed E-state index contributed by atoms with van der Waals surface area (Å²) in [6.07, 6.45) is 18.7. The highest BCUT2D eigenvalue weighted by Gasteiger charge is 2.86. The maximum Gasteiger partial charge on any atom is 0.315 e. The third-order valence-electron chi connectivity index (χ3n) is 15.6. The smallest absolute Gasteiger partial charge is 0.315 e. The van der Waals surface area contributed by atoms with Crippen LogP contribution in [0.25, 0.3) is 0 Å². The van der Waals surface area contributed by atoms with Crippen LogP contribution >= 0.6 is 0 Å². The molecule has 7 rings (SSSR count). The molecule has 2 aliphatic heterocycles. The molecule has 2 saturated heterocycles. The molecule has 3 unspecified atom stereocenters. The van der Waals surface area contributed by atoms with Crippen LogP contribution in [0.3, 0.4) is 0 Å². The van der Waals surface area contributed by atoms with Crippen molar-refractivity contribution in [2.45, 2.75) is 116 Å². The van der Waals surface area contributed by atoms with Crippen LogP contribution in [0.2, 0.25) is 0 Å². The first-order valence-electron chi connectivity index (χ1n) is 20.3. The van der Waals surface area contributed by atoms with Crippen LogP contribution < -0.4 is 0 Å². The van der Waals surface area contributed by atoms with Gasteiger partial charge in [0.05, 0.1) is 17.6 Å². The van der Waals surface area contributed by atoms with Gasteiger partial charge in [0, 0.05) is 38.1 Å². The molecule has 270 valence electrons. The zero-order valence-electron chi connectivity index (χ0n) is 31.0. The van der Waals surface area contributed by atoms with E-state index in [-0.39, 0.29) is 30.0 Å². The molecule has 0 aromatic carbocycles. The first kappa shape index (κ1) is 35.1. The number of carbonyl (C=O) groups excluding carboxylic acids is 1. The monoisotopic (exact) mass is 666 g/mol. The number of hydrogen-bond donors (Lipinski definition) is 1. The molecule has 1 N–H and O–H groups in total. The molecule has 7 aliphatic rings. The van der Waals surface area contributed by atoms with Gasteiger partial charge in [0.1, 0.15) is 11.7 Å². The second kappa shape index (κ2) is 13.7. The third-order valence-corrected chi connectivity index (χ3v) is 15.6. The van der Waals surface area contributed by atoms with Gasteiger partial charge in [-0.2, -0.15) is 0 Å². The molecule has 2 heterocycles. The largest absolute Gasteiger partial charge is 0.481 e. The molecule has 10 atom stereocenters. The molecule has 6 fully saturated rings. The first-order valence-corrected chi connectivity index (χ1v) is 20.3. The standard InChI is InChI=1S/C41H67N3O4/c1-28(2)35-22-31-24-39(27-45)34-15-14-29(3)33(34)25-40(31,41(35,39)38(46)47)37-23-32(30-12-8-6-9-13-30)36(48-37)26-44(19-18-42(4)5)21-20-43-16-10-7-11-17-43/h22,27-34,36-37H,6-21,23-26H2,1-5H3,(H,46,47)/t29-,31?,32+,33-,34-,36+,37-,39?,40?,41+/m1/s1. The van der Waals surface area contributed by atoms with Crippen LogP contribution in [-0.2, 0) is 14.3 Å². The Morgan fingerprint density at radius 1 is 1.00 bits per heavy atom. The molecule has 4 saturated carbocycles. The van der Waals surface area contributed by atoms with Gasteiger partial charge in [-0.15, -0.1) is 0 Å². The van der Waals surface area contributed by atoms with Crippen LogP contribution in [-0.4, -0.2) is 104 Å². The third kappa shape index (κ3) is 5.32. The number of hydrogen-bond acceptors (Lipinski definition) is 6. The van der Waals surface area contributed by atoms with Crippen LogP contribution in [0.4, 0.5) is 0 Å². The van der Waals surface area contributed by atoms with Crippen LogP contribution in [0.15, 0.2) is 11.6 Å². The van der Waals surface area contributed by atoms with E-state index in [9.17, 15) is 14.7 Å². The van der Waals surface area contributed by atoms with E-state index < -0.39 is 22.2 Å². The number of ether oxygens (including phenoxy) is 1. The predicted molar refractivity (Wildman–Crippen MR) is 191 cm³/mol. The zero-order valence-corrected chi connectivity index (χ0v) is 31.0. The number of carboxylic acids is 1. The van der Waals surface area contributed by atoms with Crippen molar-refractivity contribution in [2.75, 3.05) is 59.9 Å². The van der Waals surface area contributed by atoms with Crippen LogP contribution in [0, 0.1) is 57.7 Å². The van der Waals surface area contributed by atoms with E-state index in [2.05, 4.69) is 55.6 Å². The maximum atomic E-state index is 14.3.